The van der Waals surface area contributed by atoms with Gasteiger partial charge in [0, 0.05) is 0 Å². The first-order valence-electron chi connectivity index (χ1n) is 4.59. The molecule has 2 rings (SSSR count). The molecule has 2 fully saturated rings. The molecule has 0 aromatic rings. The van der Waals surface area contributed by atoms with Crippen LogP contribution in [0.3, 0.4) is 0 Å². The zero-order valence-corrected chi connectivity index (χ0v) is 10.8. The Bertz CT molecular complexity index is 375. The number of rotatable bonds is 3. The van der Waals surface area contributed by atoms with Crippen LogP contribution >= 0.6 is 28.5 Å². The number of cyclic esters (lactones) is 2. The van der Waals surface area contributed by atoms with E-state index in [4.69, 9.17) is 22.5 Å². The maximum absolute atomic E-state index is 11.7. The van der Waals surface area contributed by atoms with E-state index < -0.39 is 18.2 Å². The molecule has 0 aliphatic carbocycles. The standard InChI is InChI=1S/C6H8Cl2N3O5P/c7-17(8,14)11(9-1-3-15-5(9)12)10-2-4-16-6(10)13/h1-4H2. The van der Waals surface area contributed by atoms with E-state index in [1.807, 2.05) is 0 Å². The number of nitrogens with zero attached hydrogens (tertiary/aromatic N) is 3. The first-order chi connectivity index (χ1) is 7.91. The van der Waals surface area contributed by atoms with Crippen LogP contribution in [0.5, 0.6) is 0 Å². The molecule has 0 aromatic heterocycles. The predicted molar refractivity (Wildman–Crippen MR) is 57.3 cm³/mol. The second-order valence-corrected chi connectivity index (χ2v) is 7.67. The fourth-order valence-corrected chi connectivity index (χ4v) is 3.28. The molecule has 2 heterocycles. The minimum Gasteiger partial charge on any atom is -0.446 e. The first-order valence-corrected chi connectivity index (χ1v) is 8.06. The van der Waals surface area contributed by atoms with Crippen molar-refractivity contribution in [3.05, 3.63) is 0 Å². The molecule has 11 heteroatoms. The van der Waals surface area contributed by atoms with E-state index in [0.29, 0.717) is 4.89 Å². The van der Waals surface area contributed by atoms with Gasteiger partial charge in [0.25, 0.3) is 0 Å². The molecule has 0 radical (unpaired) electrons. The average molecular weight is 304 g/mol. The Morgan fingerprint density at radius 3 is 1.71 bits per heavy atom. The highest BCUT2D eigenvalue weighted by molar-refractivity contribution is 8.06. The topological polar surface area (TPSA) is 79.4 Å². The van der Waals surface area contributed by atoms with Crippen molar-refractivity contribution in [1.29, 1.82) is 0 Å². The van der Waals surface area contributed by atoms with Gasteiger partial charge in [0.15, 0.2) is 0 Å². The maximum atomic E-state index is 11.7. The molecule has 17 heavy (non-hydrogen) atoms. The highest BCUT2D eigenvalue weighted by atomic mass is 35.9. The fourth-order valence-electron chi connectivity index (χ4n) is 1.48. The molecular weight excluding hydrogens is 296 g/mol. The lowest BCUT2D eigenvalue weighted by molar-refractivity contribution is -0.0325. The van der Waals surface area contributed by atoms with Crippen molar-refractivity contribution in [3.8, 4) is 0 Å². The molecule has 0 atom stereocenters. The molecule has 8 nitrogen and oxygen atoms in total. The lowest BCUT2D eigenvalue weighted by Gasteiger charge is -2.34. The summed E-state index contributed by atoms with van der Waals surface area (Å²) < 4.78 is 21.1. The molecule has 2 aliphatic heterocycles. The third-order valence-corrected chi connectivity index (χ3v) is 3.78. The molecule has 0 N–H and O–H groups in total. The molecule has 0 saturated carbocycles. The van der Waals surface area contributed by atoms with Crippen molar-refractivity contribution in [3.63, 3.8) is 0 Å². The summed E-state index contributed by atoms with van der Waals surface area (Å²) in [6, 6.07) is 0. The van der Waals surface area contributed by atoms with Crippen molar-refractivity contribution < 1.29 is 23.6 Å². The Balaban J connectivity index is 2.28. The lowest BCUT2D eigenvalue weighted by Crippen LogP contribution is -2.50. The van der Waals surface area contributed by atoms with Gasteiger partial charge in [-0.05, 0) is 27.4 Å². The third-order valence-electron chi connectivity index (χ3n) is 2.12. The summed E-state index contributed by atoms with van der Waals surface area (Å²) in [6.45, 7) is 0.413. The van der Waals surface area contributed by atoms with Gasteiger partial charge in [0.2, 0.25) is 0 Å². The van der Waals surface area contributed by atoms with Gasteiger partial charge in [0.1, 0.15) is 13.2 Å². The maximum Gasteiger partial charge on any atom is 0.426 e. The summed E-state index contributed by atoms with van der Waals surface area (Å²) in [6.07, 6.45) is -1.54. The monoisotopic (exact) mass is 303 g/mol. The molecular formula is C6H8Cl2N3O5P. The Kier molecular flexibility index (Phi) is 3.40. The molecule has 0 unspecified atom stereocenters. The van der Waals surface area contributed by atoms with E-state index in [2.05, 4.69) is 9.47 Å². The highest BCUT2D eigenvalue weighted by Gasteiger charge is 2.46. The number of halogens is 2. The highest BCUT2D eigenvalue weighted by Crippen LogP contribution is 2.61. The summed E-state index contributed by atoms with van der Waals surface area (Å²) in [5.74, 6) is -3.92. The summed E-state index contributed by atoms with van der Waals surface area (Å²) in [5, 5.41) is 1.82. The van der Waals surface area contributed by atoms with E-state index in [9.17, 15) is 14.2 Å². The Morgan fingerprint density at radius 1 is 1.06 bits per heavy atom. The largest absolute Gasteiger partial charge is 0.446 e. The van der Waals surface area contributed by atoms with Gasteiger partial charge in [-0.25, -0.2) is 19.6 Å². The second kappa shape index (κ2) is 4.53. The zero-order chi connectivity index (χ0) is 12.6. The van der Waals surface area contributed by atoms with Crippen LogP contribution in [0.15, 0.2) is 0 Å². The van der Waals surface area contributed by atoms with Gasteiger partial charge in [0.05, 0.1) is 13.1 Å². The van der Waals surface area contributed by atoms with Crippen LogP contribution in [-0.2, 0) is 14.0 Å². The average Bonchev–Trinajstić information content (AvgIpc) is 2.77. The van der Waals surface area contributed by atoms with E-state index in [0.717, 1.165) is 10.0 Å². The minimum atomic E-state index is -3.92. The minimum absolute atomic E-state index is 0.103. The molecule has 2 saturated heterocycles. The van der Waals surface area contributed by atoms with E-state index in [-0.39, 0.29) is 26.3 Å². The van der Waals surface area contributed by atoms with E-state index in [1.165, 1.54) is 0 Å². The van der Waals surface area contributed by atoms with E-state index >= 15 is 0 Å². The van der Waals surface area contributed by atoms with Crippen molar-refractivity contribution in [2.45, 2.75) is 0 Å². The van der Waals surface area contributed by atoms with Crippen molar-refractivity contribution >= 4 is 40.7 Å². The quantitative estimate of drug-likeness (QED) is 0.737. The zero-order valence-electron chi connectivity index (χ0n) is 8.41. The van der Waals surface area contributed by atoms with E-state index in [1.54, 1.807) is 0 Å². The van der Waals surface area contributed by atoms with Crippen molar-refractivity contribution in [2.24, 2.45) is 0 Å². The SMILES string of the molecule is O=C1OCCN1N(N1CCOC1=O)P(=O)(Cl)Cl. The van der Waals surface area contributed by atoms with Gasteiger partial charge in [-0.15, -0.1) is 0 Å². The van der Waals surface area contributed by atoms with Crippen LogP contribution in [0.2, 0.25) is 0 Å². The lowest BCUT2D eigenvalue weighted by atomic mass is 10.7. The second-order valence-electron chi connectivity index (χ2n) is 3.18. The number of carbonyl (C=O) groups is 2. The smallest absolute Gasteiger partial charge is 0.426 e. The Morgan fingerprint density at radius 2 is 1.47 bits per heavy atom. The summed E-state index contributed by atoms with van der Waals surface area (Å²) in [5.41, 5.74) is 0. The van der Waals surface area contributed by atoms with Gasteiger partial charge in [-0.3, -0.25) is 4.57 Å². The molecule has 2 aliphatic rings. The third kappa shape index (κ3) is 2.44. The number of hydrazine groups is 2. The predicted octanol–water partition coefficient (Wildman–Crippen LogP) is 1.61. The number of ether oxygens (including phenoxy) is 2. The van der Waals surface area contributed by atoms with Gasteiger partial charge >= 0.3 is 18.2 Å². The summed E-state index contributed by atoms with van der Waals surface area (Å²) >= 11 is 11.1. The normalized spacial score (nSPS) is 21.1. The van der Waals surface area contributed by atoms with Crippen LogP contribution in [0.4, 0.5) is 9.59 Å². The molecule has 0 spiro atoms. The number of hydrogen-bond acceptors (Lipinski definition) is 5. The van der Waals surface area contributed by atoms with Crippen molar-refractivity contribution in [1.82, 2.24) is 14.9 Å². The van der Waals surface area contributed by atoms with Crippen LogP contribution in [-0.4, -0.2) is 53.4 Å². The van der Waals surface area contributed by atoms with Crippen LogP contribution < -0.4 is 0 Å². The first kappa shape index (κ1) is 12.8. The summed E-state index contributed by atoms with van der Waals surface area (Å²) in [4.78, 5) is 23.5. The molecule has 0 aromatic carbocycles. The van der Waals surface area contributed by atoms with Crippen LogP contribution in [0.1, 0.15) is 0 Å². The summed E-state index contributed by atoms with van der Waals surface area (Å²) in [7, 11) is 0. The molecule has 0 bridgehead atoms. The van der Waals surface area contributed by atoms with Crippen LogP contribution in [0, 0.1) is 0 Å². The van der Waals surface area contributed by atoms with Crippen LogP contribution in [0.25, 0.3) is 0 Å². The van der Waals surface area contributed by atoms with Crippen molar-refractivity contribution in [2.75, 3.05) is 26.3 Å². The number of hydrogen-bond donors (Lipinski definition) is 0. The van der Waals surface area contributed by atoms with Gasteiger partial charge < -0.3 is 9.47 Å². The Hall–Kier alpha value is -0.690. The van der Waals surface area contributed by atoms with Gasteiger partial charge in [-0.1, -0.05) is 0 Å². The Labute approximate surface area is 106 Å². The number of amides is 2. The molecule has 96 valence electrons. The van der Waals surface area contributed by atoms with Gasteiger partial charge in [-0.2, -0.15) is 0 Å². The fraction of sp³-hybridized carbons (Fsp3) is 0.667. The number of carbonyl (C=O) groups excluding carboxylic acids is 2. The molecule has 2 amide bonds.